The van der Waals surface area contributed by atoms with Crippen molar-refractivity contribution in [2.45, 2.75) is 6.42 Å². The van der Waals surface area contributed by atoms with Crippen LogP contribution in [0.25, 0.3) is 0 Å². The van der Waals surface area contributed by atoms with Crippen LogP contribution in [0, 0.1) is 0 Å². The second kappa shape index (κ2) is 6.18. The Kier molecular flexibility index (Phi) is 4.56. The molecule has 0 unspecified atom stereocenters. The van der Waals surface area contributed by atoms with Gasteiger partial charge in [0.15, 0.2) is 0 Å². The number of hydrogen-bond donors (Lipinski definition) is 1. The average molecular weight is 295 g/mol. The molecule has 0 amide bonds. The molecule has 0 radical (unpaired) electrons. The zero-order chi connectivity index (χ0) is 13.8. The topological polar surface area (TPSA) is 29.3 Å². The highest BCUT2D eigenvalue weighted by Gasteiger charge is 2.09. The van der Waals surface area contributed by atoms with E-state index >= 15 is 0 Å². The molecule has 0 aliphatic heterocycles. The van der Waals surface area contributed by atoms with Gasteiger partial charge in [-0.3, -0.25) is 0 Å². The van der Waals surface area contributed by atoms with Gasteiger partial charge in [0, 0.05) is 13.6 Å². The normalized spacial score (nSPS) is 10.5. The highest BCUT2D eigenvalue weighted by atomic mass is 35.5. The summed E-state index contributed by atoms with van der Waals surface area (Å²) in [5.41, 5.74) is 8.83. The summed E-state index contributed by atoms with van der Waals surface area (Å²) >= 11 is 12.0. The minimum Gasteiger partial charge on any atom is -0.397 e. The van der Waals surface area contributed by atoms with E-state index in [0.29, 0.717) is 15.7 Å². The predicted molar refractivity (Wildman–Crippen MR) is 84.3 cm³/mol. The SMILES string of the molecule is CN(CCc1ccccc1)c1cc(Cl)c(Cl)cc1N. The molecule has 100 valence electrons. The molecule has 0 saturated heterocycles. The van der Waals surface area contributed by atoms with Crippen LogP contribution in [0.2, 0.25) is 10.0 Å². The van der Waals surface area contributed by atoms with Crippen LogP contribution in [0.15, 0.2) is 42.5 Å². The molecular formula is C15H16Cl2N2. The van der Waals surface area contributed by atoms with Crippen molar-refractivity contribution < 1.29 is 0 Å². The molecule has 4 heteroatoms. The maximum atomic E-state index is 6.03. The Labute approximate surface area is 123 Å². The van der Waals surface area contributed by atoms with E-state index in [-0.39, 0.29) is 0 Å². The number of halogens is 2. The molecule has 0 spiro atoms. The van der Waals surface area contributed by atoms with Gasteiger partial charge < -0.3 is 10.6 Å². The van der Waals surface area contributed by atoms with E-state index in [4.69, 9.17) is 28.9 Å². The van der Waals surface area contributed by atoms with E-state index in [1.54, 1.807) is 6.07 Å². The van der Waals surface area contributed by atoms with Gasteiger partial charge in [-0.25, -0.2) is 0 Å². The number of rotatable bonds is 4. The van der Waals surface area contributed by atoms with Crippen molar-refractivity contribution in [3.63, 3.8) is 0 Å². The number of nitrogens with two attached hydrogens (primary N) is 1. The minimum atomic E-state index is 0.486. The second-order valence-corrected chi connectivity index (χ2v) is 5.30. The summed E-state index contributed by atoms with van der Waals surface area (Å²) < 4.78 is 0. The number of likely N-dealkylation sites (N-methyl/N-ethyl adjacent to an activating group) is 1. The smallest absolute Gasteiger partial charge is 0.0614 e. The summed E-state index contributed by atoms with van der Waals surface area (Å²) in [6, 6.07) is 13.8. The summed E-state index contributed by atoms with van der Waals surface area (Å²) in [4.78, 5) is 2.09. The Morgan fingerprint density at radius 1 is 1.05 bits per heavy atom. The van der Waals surface area contributed by atoms with E-state index in [2.05, 4.69) is 17.0 Å². The molecule has 19 heavy (non-hydrogen) atoms. The van der Waals surface area contributed by atoms with Crippen LogP contribution in [0.4, 0.5) is 11.4 Å². The first-order valence-electron chi connectivity index (χ1n) is 6.07. The molecule has 0 atom stereocenters. The molecule has 0 bridgehead atoms. The summed E-state index contributed by atoms with van der Waals surface area (Å²) in [6.07, 6.45) is 0.955. The number of anilines is 2. The maximum absolute atomic E-state index is 6.03. The van der Waals surface area contributed by atoms with Gasteiger partial charge in [-0.15, -0.1) is 0 Å². The molecule has 0 heterocycles. The minimum absolute atomic E-state index is 0.486. The van der Waals surface area contributed by atoms with E-state index in [9.17, 15) is 0 Å². The number of nitrogen functional groups attached to an aromatic ring is 1. The van der Waals surface area contributed by atoms with E-state index in [1.165, 1.54) is 5.56 Å². The maximum Gasteiger partial charge on any atom is 0.0614 e. The van der Waals surface area contributed by atoms with Crippen molar-refractivity contribution in [2.75, 3.05) is 24.2 Å². The third kappa shape index (κ3) is 3.55. The fraction of sp³-hybridized carbons (Fsp3) is 0.200. The first-order valence-corrected chi connectivity index (χ1v) is 6.83. The van der Waals surface area contributed by atoms with Crippen molar-refractivity contribution in [3.8, 4) is 0 Å². The Hall–Kier alpha value is -1.38. The molecule has 0 aliphatic rings. The van der Waals surface area contributed by atoms with E-state index in [0.717, 1.165) is 18.7 Å². The standard InChI is InChI=1S/C15H16Cl2N2/c1-19(8-7-11-5-3-2-4-6-11)15-10-13(17)12(16)9-14(15)18/h2-6,9-10H,7-8,18H2,1H3. The molecule has 0 aliphatic carbocycles. The first-order chi connectivity index (χ1) is 9.08. The van der Waals surface area contributed by atoms with Crippen molar-refractivity contribution in [1.82, 2.24) is 0 Å². The molecule has 0 saturated carbocycles. The summed E-state index contributed by atoms with van der Waals surface area (Å²) in [6.45, 7) is 0.867. The Morgan fingerprint density at radius 3 is 2.37 bits per heavy atom. The van der Waals surface area contributed by atoms with Crippen molar-refractivity contribution in [3.05, 3.63) is 58.1 Å². The lowest BCUT2D eigenvalue weighted by Gasteiger charge is -2.21. The van der Waals surface area contributed by atoms with Crippen LogP contribution < -0.4 is 10.6 Å². The van der Waals surface area contributed by atoms with Gasteiger partial charge in [-0.05, 0) is 24.1 Å². The summed E-state index contributed by atoms with van der Waals surface area (Å²) in [5.74, 6) is 0. The Morgan fingerprint density at radius 2 is 1.68 bits per heavy atom. The predicted octanol–water partition coefficient (Wildman–Crippen LogP) is 4.25. The van der Waals surface area contributed by atoms with Crippen LogP contribution >= 0.6 is 23.2 Å². The van der Waals surface area contributed by atoms with Gasteiger partial charge in [0.2, 0.25) is 0 Å². The largest absolute Gasteiger partial charge is 0.397 e. The molecule has 0 aromatic heterocycles. The molecule has 2 N–H and O–H groups in total. The molecule has 2 rings (SSSR count). The van der Waals surface area contributed by atoms with Crippen LogP contribution in [0.1, 0.15) is 5.56 Å². The van der Waals surface area contributed by atoms with Gasteiger partial charge in [0.05, 0.1) is 21.4 Å². The third-order valence-electron chi connectivity index (χ3n) is 3.06. The third-order valence-corrected chi connectivity index (χ3v) is 3.78. The number of benzene rings is 2. The van der Waals surface area contributed by atoms with E-state index in [1.807, 2.05) is 31.3 Å². The quantitative estimate of drug-likeness (QED) is 0.854. The van der Waals surface area contributed by atoms with Gasteiger partial charge in [-0.1, -0.05) is 53.5 Å². The molecule has 2 aromatic rings. The lowest BCUT2D eigenvalue weighted by Crippen LogP contribution is -2.21. The van der Waals surface area contributed by atoms with Crippen LogP contribution in [0.5, 0.6) is 0 Å². The Balaban J connectivity index is 2.08. The van der Waals surface area contributed by atoms with E-state index < -0.39 is 0 Å². The highest BCUT2D eigenvalue weighted by Crippen LogP contribution is 2.32. The zero-order valence-electron chi connectivity index (χ0n) is 10.7. The fourth-order valence-corrected chi connectivity index (χ4v) is 2.27. The molecule has 0 fully saturated rings. The summed E-state index contributed by atoms with van der Waals surface area (Å²) in [5, 5.41) is 1.01. The van der Waals surface area contributed by atoms with Crippen molar-refractivity contribution in [1.29, 1.82) is 0 Å². The van der Waals surface area contributed by atoms with Crippen molar-refractivity contribution >= 4 is 34.6 Å². The van der Waals surface area contributed by atoms with Gasteiger partial charge >= 0.3 is 0 Å². The molecule has 2 nitrogen and oxygen atoms in total. The Bertz CT molecular complexity index is 556. The second-order valence-electron chi connectivity index (χ2n) is 4.48. The van der Waals surface area contributed by atoms with Crippen LogP contribution in [-0.2, 0) is 6.42 Å². The molecule has 2 aromatic carbocycles. The first kappa shape index (κ1) is 14.0. The number of nitrogens with zero attached hydrogens (tertiary/aromatic N) is 1. The van der Waals surface area contributed by atoms with Crippen LogP contribution in [0.3, 0.4) is 0 Å². The number of hydrogen-bond acceptors (Lipinski definition) is 2. The van der Waals surface area contributed by atoms with Crippen LogP contribution in [-0.4, -0.2) is 13.6 Å². The lowest BCUT2D eigenvalue weighted by molar-refractivity contribution is 0.878. The lowest BCUT2D eigenvalue weighted by atomic mass is 10.1. The van der Waals surface area contributed by atoms with Gasteiger partial charge in [0.1, 0.15) is 0 Å². The zero-order valence-corrected chi connectivity index (χ0v) is 12.2. The van der Waals surface area contributed by atoms with Crippen molar-refractivity contribution in [2.24, 2.45) is 0 Å². The summed E-state index contributed by atoms with van der Waals surface area (Å²) in [7, 11) is 2.00. The fourth-order valence-electron chi connectivity index (χ4n) is 1.94. The highest BCUT2D eigenvalue weighted by molar-refractivity contribution is 6.42. The molecular weight excluding hydrogens is 279 g/mol. The average Bonchev–Trinajstić information content (AvgIpc) is 2.41. The monoisotopic (exact) mass is 294 g/mol. The van der Waals surface area contributed by atoms with Gasteiger partial charge in [-0.2, -0.15) is 0 Å². The van der Waals surface area contributed by atoms with Gasteiger partial charge in [0.25, 0.3) is 0 Å².